The van der Waals surface area contributed by atoms with Crippen molar-refractivity contribution in [2.24, 2.45) is 4.99 Å². The van der Waals surface area contributed by atoms with Gasteiger partial charge in [-0.2, -0.15) is 0 Å². The quantitative estimate of drug-likeness (QED) is 0.566. The number of rotatable bonds is 6. The molecule has 0 radical (unpaired) electrons. The molecule has 5 nitrogen and oxygen atoms in total. The van der Waals surface area contributed by atoms with E-state index < -0.39 is 17.0 Å². The Kier molecular flexibility index (Phi) is 6.61. The topological polar surface area (TPSA) is 61.8 Å². The number of nitrogens with zero attached hydrogens (tertiary/aromatic N) is 2. The number of carbonyl (C=O) groups is 2. The number of carbonyl (C=O) groups excluding carboxylic acids is 2. The molecule has 1 aliphatic rings. The smallest absolute Gasteiger partial charge is 0.242 e. The van der Waals surface area contributed by atoms with Gasteiger partial charge in [0.1, 0.15) is 16.9 Å². The van der Waals surface area contributed by atoms with Crippen LogP contribution in [0.4, 0.5) is 20.2 Å². The van der Waals surface area contributed by atoms with Gasteiger partial charge in [-0.15, -0.1) is 0 Å². The van der Waals surface area contributed by atoms with Crippen LogP contribution in [0.25, 0.3) is 0 Å². The average Bonchev–Trinajstić information content (AvgIpc) is 3.06. The number of hydrogen-bond acceptors (Lipinski definition) is 4. The molecule has 1 heterocycles. The van der Waals surface area contributed by atoms with E-state index in [0.29, 0.717) is 10.9 Å². The Bertz CT molecular complexity index is 1150. The third kappa shape index (κ3) is 5.20. The van der Waals surface area contributed by atoms with Crippen molar-refractivity contribution in [1.29, 1.82) is 0 Å². The molecule has 1 fully saturated rings. The SMILES string of the molecule is O=C(CC1SC(=Nc2ccccc2)N(Cc2ccc(F)cc2)C1=O)Nc1ccccc1F. The number of para-hydroxylation sites is 2. The first kappa shape index (κ1) is 21.7. The monoisotopic (exact) mass is 451 g/mol. The van der Waals surface area contributed by atoms with Crippen molar-refractivity contribution in [2.75, 3.05) is 5.32 Å². The Morgan fingerprint density at radius 3 is 2.38 bits per heavy atom. The molecule has 0 spiro atoms. The molecule has 162 valence electrons. The molecule has 1 aliphatic heterocycles. The molecule has 32 heavy (non-hydrogen) atoms. The van der Waals surface area contributed by atoms with E-state index in [-0.39, 0.29) is 30.4 Å². The Morgan fingerprint density at radius 2 is 1.66 bits per heavy atom. The van der Waals surface area contributed by atoms with Crippen molar-refractivity contribution in [3.05, 3.63) is 96.1 Å². The van der Waals surface area contributed by atoms with Crippen LogP contribution in [-0.2, 0) is 16.1 Å². The largest absolute Gasteiger partial charge is 0.324 e. The van der Waals surface area contributed by atoms with Gasteiger partial charge in [0, 0.05) is 6.42 Å². The Hall–Kier alpha value is -3.52. The molecule has 0 aromatic heterocycles. The molecular weight excluding hydrogens is 432 g/mol. The summed E-state index contributed by atoms with van der Waals surface area (Å²) in [5.74, 6) is -1.66. The molecule has 0 bridgehead atoms. The van der Waals surface area contributed by atoms with Crippen molar-refractivity contribution in [1.82, 2.24) is 4.90 Å². The van der Waals surface area contributed by atoms with Gasteiger partial charge in [-0.25, -0.2) is 13.8 Å². The zero-order valence-corrected chi connectivity index (χ0v) is 17.7. The standard InChI is InChI=1S/C24H19F2N3O2S/c25-17-12-10-16(11-13-17)15-29-23(31)21(32-24(29)27-18-6-2-1-3-7-18)14-22(30)28-20-9-5-4-8-19(20)26/h1-13,21H,14-15H2,(H,28,30). The second-order valence-corrected chi connectivity index (χ2v) is 8.29. The summed E-state index contributed by atoms with van der Waals surface area (Å²) in [4.78, 5) is 31.7. The van der Waals surface area contributed by atoms with Gasteiger partial charge in [-0.1, -0.05) is 54.2 Å². The summed E-state index contributed by atoms with van der Waals surface area (Å²) < 4.78 is 27.1. The summed E-state index contributed by atoms with van der Waals surface area (Å²) >= 11 is 1.18. The highest BCUT2D eigenvalue weighted by Crippen LogP contribution is 2.33. The zero-order valence-electron chi connectivity index (χ0n) is 16.9. The highest BCUT2D eigenvalue weighted by atomic mass is 32.2. The molecule has 4 rings (SSSR count). The Balaban J connectivity index is 1.54. The van der Waals surface area contributed by atoms with E-state index >= 15 is 0 Å². The number of hydrogen-bond donors (Lipinski definition) is 1. The van der Waals surface area contributed by atoms with Crippen LogP contribution >= 0.6 is 11.8 Å². The summed E-state index contributed by atoms with van der Waals surface area (Å²) in [6, 6.07) is 20.9. The molecule has 1 atom stereocenters. The predicted octanol–water partition coefficient (Wildman–Crippen LogP) is 5.13. The minimum absolute atomic E-state index is 0.0642. The van der Waals surface area contributed by atoms with Crippen LogP contribution in [0, 0.1) is 11.6 Å². The number of amidine groups is 1. The molecule has 1 N–H and O–H groups in total. The van der Waals surface area contributed by atoms with E-state index in [4.69, 9.17) is 0 Å². The molecule has 3 aromatic carbocycles. The van der Waals surface area contributed by atoms with E-state index in [1.54, 1.807) is 18.2 Å². The minimum Gasteiger partial charge on any atom is -0.324 e. The van der Waals surface area contributed by atoms with Crippen LogP contribution in [0.1, 0.15) is 12.0 Å². The first-order valence-corrected chi connectivity index (χ1v) is 10.8. The van der Waals surface area contributed by atoms with Crippen LogP contribution in [-0.4, -0.2) is 27.1 Å². The fourth-order valence-electron chi connectivity index (χ4n) is 3.19. The maximum Gasteiger partial charge on any atom is 0.242 e. The molecular formula is C24H19F2N3O2S. The molecule has 8 heteroatoms. The lowest BCUT2D eigenvalue weighted by Crippen LogP contribution is -2.33. The van der Waals surface area contributed by atoms with Gasteiger partial charge in [0.2, 0.25) is 11.8 Å². The van der Waals surface area contributed by atoms with E-state index in [1.807, 2.05) is 30.3 Å². The first-order valence-electron chi connectivity index (χ1n) is 9.90. The highest BCUT2D eigenvalue weighted by molar-refractivity contribution is 8.15. The van der Waals surface area contributed by atoms with Gasteiger partial charge in [-0.05, 0) is 42.0 Å². The lowest BCUT2D eigenvalue weighted by molar-refractivity contribution is -0.128. The molecule has 0 aliphatic carbocycles. The number of halogens is 2. The maximum absolute atomic E-state index is 13.8. The Morgan fingerprint density at radius 1 is 0.969 bits per heavy atom. The van der Waals surface area contributed by atoms with E-state index in [2.05, 4.69) is 10.3 Å². The van der Waals surface area contributed by atoms with Gasteiger partial charge in [0.25, 0.3) is 0 Å². The van der Waals surface area contributed by atoms with Crippen LogP contribution in [0.15, 0.2) is 83.9 Å². The van der Waals surface area contributed by atoms with E-state index in [0.717, 1.165) is 5.56 Å². The molecule has 1 saturated heterocycles. The van der Waals surface area contributed by atoms with Gasteiger partial charge >= 0.3 is 0 Å². The lowest BCUT2D eigenvalue weighted by Gasteiger charge is -2.16. The van der Waals surface area contributed by atoms with Gasteiger partial charge in [0.15, 0.2) is 5.17 Å². The average molecular weight is 451 g/mol. The number of thioether (sulfide) groups is 1. The summed E-state index contributed by atoms with van der Waals surface area (Å²) in [5.41, 5.74) is 1.47. The van der Waals surface area contributed by atoms with Gasteiger partial charge in [0.05, 0.1) is 17.9 Å². The minimum atomic E-state index is -0.704. The van der Waals surface area contributed by atoms with Crippen molar-refractivity contribution in [3.8, 4) is 0 Å². The predicted molar refractivity (Wildman–Crippen MR) is 122 cm³/mol. The number of aliphatic imine (C=N–C) groups is 1. The summed E-state index contributed by atoms with van der Waals surface area (Å²) in [5, 5.41) is 2.26. The fourth-order valence-corrected chi connectivity index (χ4v) is 4.35. The van der Waals surface area contributed by atoms with Crippen LogP contribution in [0.3, 0.4) is 0 Å². The second kappa shape index (κ2) is 9.74. The number of benzene rings is 3. The number of anilines is 1. The summed E-state index contributed by atoms with van der Waals surface area (Å²) in [7, 11) is 0. The van der Waals surface area contributed by atoms with E-state index in [9.17, 15) is 18.4 Å². The van der Waals surface area contributed by atoms with Crippen molar-refractivity contribution < 1.29 is 18.4 Å². The van der Waals surface area contributed by atoms with Crippen LogP contribution < -0.4 is 5.32 Å². The van der Waals surface area contributed by atoms with Crippen molar-refractivity contribution in [3.63, 3.8) is 0 Å². The zero-order chi connectivity index (χ0) is 22.5. The van der Waals surface area contributed by atoms with Gasteiger partial charge < -0.3 is 5.32 Å². The van der Waals surface area contributed by atoms with Crippen LogP contribution in [0.2, 0.25) is 0 Å². The first-order chi connectivity index (χ1) is 15.5. The normalized spacial score (nSPS) is 17.1. The molecule has 2 amide bonds. The second-order valence-electron chi connectivity index (χ2n) is 7.12. The third-order valence-corrected chi connectivity index (χ3v) is 5.95. The van der Waals surface area contributed by atoms with Gasteiger partial charge in [-0.3, -0.25) is 14.5 Å². The highest BCUT2D eigenvalue weighted by Gasteiger charge is 2.39. The molecule has 1 unspecified atom stereocenters. The van der Waals surface area contributed by atoms with Crippen LogP contribution in [0.5, 0.6) is 0 Å². The molecule has 0 saturated carbocycles. The van der Waals surface area contributed by atoms with Crippen molar-refractivity contribution in [2.45, 2.75) is 18.2 Å². The van der Waals surface area contributed by atoms with E-state index in [1.165, 1.54) is 47.0 Å². The lowest BCUT2D eigenvalue weighted by atomic mass is 10.2. The number of amides is 2. The molecule has 3 aromatic rings. The fraction of sp³-hybridized carbons (Fsp3) is 0.125. The summed E-state index contributed by atoms with van der Waals surface area (Å²) in [6.07, 6.45) is -0.133. The third-order valence-electron chi connectivity index (χ3n) is 4.77. The van der Waals surface area contributed by atoms with Crippen molar-refractivity contribution >= 4 is 40.1 Å². The Labute approximate surface area is 188 Å². The summed E-state index contributed by atoms with van der Waals surface area (Å²) in [6.45, 7) is 0.198. The maximum atomic E-state index is 13.8. The number of nitrogens with one attached hydrogen (secondary N) is 1.